The largest absolute Gasteiger partial charge is 0.350 e. The summed E-state index contributed by atoms with van der Waals surface area (Å²) >= 11 is 3.00. The molecule has 0 aliphatic rings. The average molecular weight is 194 g/mol. The monoisotopic (exact) mass is 193 g/mol. The van der Waals surface area contributed by atoms with Crippen LogP contribution in [-0.4, -0.2) is 15.1 Å². The van der Waals surface area contributed by atoms with Gasteiger partial charge in [0.15, 0.2) is 6.20 Å². The van der Waals surface area contributed by atoms with E-state index < -0.39 is 0 Å². The van der Waals surface area contributed by atoms with E-state index in [1.807, 2.05) is 0 Å². The minimum atomic E-state index is 0.349. The highest BCUT2D eigenvalue weighted by molar-refractivity contribution is 9.10. The predicted octanol–water partition coefficient (Wildman–Crippen LogP) is 0.321. The van der Waals surface area contributed by atoms with Crippen molar-refractivity contribution in [3.63, 3.8) is 0 Å². The van der Waals surface area contributed by atoms with Crippen molar-refractivity contribution >= 4 is 15.9 Å². The lowest BCUT2D eigenvalue weighted by molar-refractivity contribution is -0.909. The molecule has 0 fully saturated rings. The van der Waals surface area contributed by atoms with E-state index in [4.69, 9.17) is 10.4 Å². The Morgan fingerprint density at radius 1 is 1.78 bits per heavy atom. The first-order valence-electron chi connectivity index (χ1n) is 2.31. The zero-order valence-corrected chi connectivity index (χ0v) is 6.33. The Morgan fingerprint density at radius 2 is 2.33 bits per heavy atom. The summed E-state index contributed by atoms with van der Waals surface area (Å²) in [6.45, 7) is 1.57. The van der Waals surface area contributed by atoms with Gasteiger partial charge in [-0.15, -0.1) is 0 Å². The molecular weight excluding hydrogens is 188 g/mol. The van der Waals surface area contributed by atoms with Crippen molar-refractivity contribution < 1.29 is 15.1 Å². The van der Waals surface area contributed by atoms with Crippen LogP contribution < -0.4 is 4.73 Å². The van der Waals surface area contributed by atoms with Gasteiger partial charge in [-0.3, -0.25) is 0 Å². The van der Waals surface area contributed by atoms with Crippen LogP contribution in [0.1, 0.15) is 5.82 Å². The molecule has 5 heteroatoms. The van der Waals surface area contributed by atoms with E-state index in [0.717, 1.165) is 9.46 Å². The quantitative estimate of drug-likeness (QED) is 0.461. The van der Waals surface area contributed by atoms with Gasteiger partial charge in [0, 0.05) is 22.9 Å². The van der Waals surface area contributed by atoms with Crippen LogP contribution in [0.3, 0.4) is 0 Å². The van der Waals surface area contributed by atoms with Gasteiger partial charge in [-0.25, -0.2) is 0 Å². The molecule has 0 spiro atoms. The van der Waals surface area contributed by atoms with Crippen LogP contribution in [0.4, 0.5) is 0 Å². The number of rotatable bonds is 0. The van der Waals surface area contributed by atoms with Gasteiger partial charge in [-0.05, 0) is 9.46 Å². The number of nitrogens with zero attached hydrogens (tertiary/aromatic N) is 2. The molecule has 0 unspecified atom stereocenters. The maximum Gasteiger partial charge on any atom is 0.332 e. The molecule has 0 aliphatic carbocycles. The van der Waals surface area contributed by atoms with Gasteiger partial charge in [0.25, 0.3) is 4.60 Å². The first-order chi connectivity index (χ1) is 4.13. The Kier molecular flexibility index (Phi) is 1.36. The van der Waals surface area contributed by atoms with Crippen LogP contribution in [0.2, 0.25) is 0 Å². The van der Waals surface area contributed by atoms with Crippen molar-refractivity contribution in [2.24, 2.45) is 0 Å². The van der Waals surface area contributed by atoms with Gasteiger partial charge >= 0.3 is 5.82 Å². The topological polar surface area (TPSA) is 49.3 Å². The lowest BCUT2D eigenvalue weighted by Crippen LogP contribution is -2.31. The molecule has 1 aromatic rings. The van der Waals surface area contributed by atoms with Crippen molar-refractivity contribution in [3.05, 3.63) is 16.6 Å². The lowest BCUT2D eigenvalue weighted by atomic mass is 10.7. The molecule has 0 aromatic carbocycles. The van der Waals surface area contributed by atoms with Crippen molar-refractivity contribution in [2.45, 2.75) is 6.92 Å². The first kappa shape index (κ1) is 6.41. The molecule has 0 saturated heterocycles. The molecule has 1 rings (SSSR count). The minimum absolute atomic E-state index is 0.349. The molecule has 0 amide bonds. The molecule has 1 heterocycles. The molecule has 0 aliphatic heterocycles. The Bertz CT molecular complexity index is 210. The fourth-order valence-electron chi connectivity index (χ4n) is 0.501. The SMILES string of the molecule is Cc1n(O)c(Br)c[n+]1O. The van der Waals surface area contributed by atoms with E-state index in [1.54, 1.807) is 6.92 Å². The highest BCUT2D eigenvalue weighted by atomic mass is 79.9. The number of hydrogen-bond donors (Lipinski definition) is 2. The fourth-order valence-corrected chi connectivity index (χ4v) is 0.951. The third-order valence-electron chi connectivity index (χ3n) is 1.07. The normalized spacial score (nSPS) is 10.0. The van der Waals surface area contributed by atoms with E-state index in [0.29, 0.717) is 10.4 Å². The predicted molar refractivity (Wildman–Crippen MR) is 31.4 cm³/mol. The molecular formula is C4H6BrN2O2+. The Balaban J connectivity index is 3.29. The molecule has 2 N–H and O–H groups in total. The van der Waals surface area contributed by atoms with Gasteiger partial charge in [0.2, 0.25) is 0 Å². The summed E-state index contributed by atoms with van der Waals surface area (Å²) in [7, 11) is 0. The molecule has 0 radical (unpaired) electrons. The Hall–Kier alpha value is -0.710. The summed E-state index contributed by atoms with van der Waals surface area (Å²) in [6, 6.07) is 0. The standard InChI is InChI=1S/C4H6BrN2O2/c1-3-6(8)2-4(5)7(3)9/h2,8-9H,1H3/q+1. The number of halogens is 1. The molecule has 0 bridgehead atoms. The van der Waals surface area contributed by atoms with Crippen LogP contribution in [-0.2, 0) is 0 Å². The Morgan fingerprint density at radius 3 is 2.44 bits per heavy atom. The smallest absolute Gasteiger partial charge is 0.332 e. The molecule has 0 atom stereocenters. The summed E-state index contributed by atoms with van der Waals surface area (Å²) in [5.74, 6) is 0.349. The summed E-state index contributed by atoms with van der Waals surface area (Å²) in [5, 5.41) is 17.7. The van der Waals surface area contributed by atoms with Gasteiger partial charge in [-0.2, -0.15) is 0 Å². The maximum atomic E-state index is 8.92. The van der Waals surface area contributed by atoms with Crippen LogP contribution in [0.5, 0.6) is 0 Å². The van der Waals surface area contributed by atoms with Crippen molar-refractivity contribution in [3.8, 4) is 0 Å². The van der Waals surface area contributed by atoms with Crippen molar-refractivity contribution in [1.29, 1.82) is 0 Å². The van der Waals surface area contributed by atoms with Gasteiger partial charge in [-0.1, -0.05) is 0 Å². The highest BCUT2D eigenvalue weighted by Crippen LogP contribution is 2.05. The van der Waals surface area contributed by atoms with E-state index >= 15 is 0 Å². The second kappa shape index (κ2) is 1.91. The number of imidazole rings is 1. The maximum absolute atomic E-state index is 8.92. The second-order valence-electron chi connectivity index (χ2n) is 1.66. The minimum Gasteiger partial charge on any atom is -0.350 e. The molecule has 4 nitrogen and oxygen atoms in total. The summed E-state index contributed by atoms with van der Waals surface area (Å²) in [6.07, 6.45) is 1.34. The van der Waals surface area contributed by atoms with Crippen LogP contribution in [0.15, 0.2) is 10.8 Å². The van der Waals surface area contributed by atoms with Crippen molar-refractivity contribution in [2.75, 3.05) is 0 Å². The summed E-state index contributed by atoms with van der Waals surface area (Å²) in [5.41, 5.74) is 0. The number of hydrogen-bond acceptors (Lipinski definition) is 2. The van der Waals surface area contributed by atoms with Crippen LogP contribution in [0.25, 0.3) is 0 Å². The lowest BCUT2D eigenvalue weighted by Gasteiger charge is -1.82. The zero-order valence-electron chi connectivity index (χ0n) is 4.74. The highest BCUT2D eigenvalue weighted by Gasteiger charge is 2.15. The number of aromatic nitrogens is 2. The van der Waals surface area contributed by atoms with Crippen molar-refractivity contribution in [1.82, 2.24) is 4.73 Å². The van der Waals surface area contributed by atoms with E-state index in [9.17, 15) is 0 Å². The molecule has 50 valence electrons. The summed E-state index contributed by atoms with van der Waals surface area (Å²) < 4.78 is 2.08. The Labute approximate surface area is 60.0 Å². The summed E-state index contributed by atoms with van der Waals surface area (Å²) in [4.78, 5) is 0. The van der Waals surface area contributed by atoms with Gasteiger partial charge in [0.1, 0.15) is 0 Å². The molecule has 1 aromatic heterocycles. The first-order valence-corrected chi connectivity index (χ1v) is 3.10. The van der Waals surface area contributed by atoms with Gasteiger partial charge < -0.3 is 10.4 Å². The second-order valence-corrected chi connectivity index (χ2v) is 2.47. The third-order valence-corrected chi connectivity index (χ3v) is 1.61. The van der Waals surface area contributed by atoms with Crippen LogP contribution in [0, 0.1) is 6.92 Å². The van der Waals surface area contributed by atoms with E-state index in [1.165, 1.54) is 6.20 Å². The average Bonchev–Trinajstić information content (AvgIpc) is 1.98. The molecule has 0 saturated carbocycles. The zero-order chi connectivity index (χ0) is 7.02. The third kappa shape index (κ3) is 0.873. The van der Waals surface area contributed by atoms with Crippen LogP contribution >= 0.6 is 15.9 Å². The van der Waals surface area contributed by atoms with E-state index in [2.05, 4.69) is 15.9 Å². The fraction of sp³-hybridized carbons (Fsp3) is 0.250. The molecule has 9 heavy (non-hydrogen) atoms. The van der Waals surface area contributed by atoms with Gasteiger partial charge in [0.05, 0.1) is 0 Å². The van der Waals surface area contributed by atoms with E-state index in [-0.39, 0.29) is 0 Å².